The van der Waals surface area contributed by atoms with Gasteiger partial charge in [0.15, 0.2) is 5.03 Å². The maximum Gasteiger partial charge on any atom is 0.177 e. The first kappa shape index (κ1) is 5.26. The Bertz CT molecular complexity index is 98.2. The number of nitrogens with zero attached hydrogens (tertiary/aromatic N) is 2. The SMILES string of the molecule is O=[N+]([O-])N1CCNN1. The minimum absolute atomic E-state index is 0.410. The lowest BCUT2D eigenvalue weighted by Crippen LogP contribution is -2.39. The summed E-state index contributed by atoms with van der Waals surface area (Å²) in [4.78, 5) is 9.83. The Balaban J connectivity index is 2.35. The summed E-state index contributed by atoms with van der Waals surface area (Å²) >= 11 is 0. The Morgan fingerprint density at radius 2 is 2.50 bits per heavy atom. The zero-order chi connectivity index (χ0) is 5.98. The molecule has 8 heavy (non-hydrogen) atoms. The van der Waals surface area contributed by atoms with Gasteiger partial charge < -0.3 is 0 Å². The minimum atomic E-state index is -0.500. The van der Waals surface area contributed by atoms with Gasteiger partial charge in [0, 0.05) is 6.54 Å². The van der Waals surface area contributed by atoms with E-state index in [0.29, 0.717) is 13.1 Å². The molecule has 0 aromatic carbocycles. The van der Waals surface area contributed by atoms with Crippen molar-refractivity contribution in [3.05, 3.63) is 10.1 Å². The average molecular weight is 118 g/mol. The summed E-state index contributed by atoms with van der Waals surface area (Å²) < 4.78 is 0. The first-order valence-corrected chi connectivity index (χ1v) is 2.21. The van der Waals surface area contributed by atoms with E-state index in [1.165, 1.54) is 0 Å². The molecular formula is C2H6N4O2. The third-order valence-electron chi connectivity index (χ3n) is 0.854. The fourth-order valence-electron chi connectivity index (χ4n) is 0.487. The average Bonchev–Trinajstić information content (AvgIpc) is 2.12. The highest BCUT2D eigenvalue weighted by molar-refractivity contribution is 4.47. The second-order valence-corrected chi connectivity index (χ2v) is 1.40. The van der Waals surface area contributed by atoms with Gasteiger partial charge in [0.25, 0.3) is 0 Å². The third kappa shape index (κ3) is 0.849. The molecule has 0 unspecified atom stereocenters. The van der Waals surface area contributed by atoms with Crippen LogP contribution >= 0.6 is 0 Å². The van der Waals surface area contributed by atoms with Crippen molar-refractivity contribution < 1.29 is 5.03 Å². The number of hydrazine groups is 3. The standard InChI is InChI=1S/C2H6N4O2/c7-6(8)5-2-1-3-4-5/h3-4H,1-2H2. The molecule has 0 aromatic rings. The van der Waals surface area contributed by atoms with Gasteiger partial charge in [-0.3, -0.25) is 0 Å². The molecule has 1 rings (SSSR count). The van der Waals surface area contributed by atoms with Gasteiger partial charge in [-0.15, -0.1) is 5.53 Å². The summed E-state index contributed by atoms with van der Waals surface area (Å²) in [5, 5.41) is 10.2. The Morgan fingerprint density at radius 1 is 1.75 bits per heavy atom. The first-order valence-electron chi connectivity index (χ1n) is 2.21. The van der Waals surface area contributed by atoms with E-state index in [2.05, 4.69) is 11.0 Å². The monoisotopic (exact) mass is 118 g/mol. The molecule has 0 aliphatic carbocycles. The van der Waals surface area contributed by atoms with Crippen molar-refractivity contribution >= 4 is 0 Å². The van der Waals surface area contributed by atoms with E-state index in [1.807, 2.05) is 0 Å². The van der Waals surface area contributed by atoms with E-state index in [-0.39, 0.29) is 0 Å². The summed E-state index contributed by atoms with van der Waals surface area (Å²) in [5.74, 6) is 0. The van der Waals surface area contributed by atoms with Crippen LogP contribution in [0.1, 0.15) is 0 Å². The van der Waals surface area contributed by atoms with Crippen LogP contribution in [0, 0.1) is 10.1 Å². The van der Waals surface area contributed by atoms with Gasteiger partial charge in [-0.2, -0.15) is 0 Å². The third-order valence-corrected chi connectivity index (χ3v) is 0.854. The summed E-state index contributed by atoms with van der Waals surface area (Å²) in [6, 6.07) is 0. The highest BCUT2D eigenvalue weighted by atomic mass is 16.7. The molecule has 1 aliphatic heterocycles. The first-order chi connectivity index (χ1) is 3.80. The molecule has 2 N–H and O–H groups in total. The molecule has 1 heterocycles. The molecule has 0 bridgehead atoms. The normalized spacial score (nSPS) is 19.2. The van der Waals surface area contributed by atoms with Crippen LogP contribution in [0.4, 0.5) is 0 Å². The molecular weight excluding hydrogens is 112 g/mol. The quantitative estimate of drug-likeness (QED) is 0.324. The Labute approximate surface area is 45.5 Å². The summed E-state index contributed by atoms with van der Waals surface area (Å²) in [6.07, 6.45) is 0. The second kappa shape index (κ2) is 1.93. The molecule has 0 radical (unpaired) electrons. The van der Waals surface area contributed by atoms with E-state index >= 15 is 0 Å². The Kier molecular flexibility index (Phi) is 1.27. The molecule has 6 nitrogen and oxygen atoms in total. The lowest BCUT2D eigenvalue weighted by atomic mass is 10.7. The molecule has 1 fully saturated rings. The largest absolute Gasteiger partial charge is 0.233 e. The van der Waals surface area contributed by atoms with E-state index in [0.717, 1.165) is 5.12 Å². The van der Waals surface area contributed by atoms with Gasteiger partial charge in [0.05, 0.1) is 0 Å². The molecule has 1 aliphatic rings. The maximum atomic E-state index is 9.83. The van der Waals surface area contributed by atoms with Gasteiger partial charge >= 0.3 is 0 Å². The van der Waals surface area contributed by atoms with Crippen LogP contribution in [-0.4, -0.2) is 23.2 Å². The molecule has 0 spiro atoms. The van der Waals surface area contributed by atoms with Crippen LogP contribution in [-0.2, 0) is 0 Å². The lowest BCUT2D eigenvalue weighted by molar-refractivity contribution is -0.666. The molecule has 6 heteroatoms. The van der Waals surface area contributed by atoms with Crippen LogP contribution in [0.2, 0.25) is 0 Å². The highest BCUT2D eigenvalue weighted by Crippen LogP contribution is 1.83. The van der Waals surface area contributed by atoms with Crippen molar-refractivity contribution in [3.8, 4) is 0 Å². The number of nitro groups is 1. The van der Waals surface area contributed by atoms with Gasteiger partial charge in [0.1, 0.15) is 6.54 Å². The fourth-order valence-corrected chi connectivity index (χ4v) is 0.487. The van der Waals surface area contributed by atoms with Crippen LogP contribution in [0.3, 0.4) is 0 Å². The highest BCUT2D eigenvalue weighted by Gasteiger charge is 2.17. The van der Waals surface area contributed by atoms with Gasteiger partial charge in [-0.25, -0.2) is 15.5 Å². The number of nitrogens with one attached hydrogen (secondary N) is 2. The van der Waals surface area contributed by atoms with Crippen molar-refractivity contribution in [2.45, 2.75) is 0 Å². The zero-order valence-electron chi connectivity index (χ0n) is 4.13. The minimum Gasteiger partial charge on any atom is -0.233 e. The molecule has 0 amide bonds. The summed E-state index contributed by atoms with van der Waals surface area (Å²) in [6.45, 7) is 1.02. The summed E-state index contributed by atoms with van der Waals surface area (Å²) in [7, 11) is 0. The van der Waals surface area contributed by atoms with Gasteiger partial charge in [-0.1, -0.05) is 0 Å². The van der Waals surface area contributed by atoms with Gasteiger partial charge in [-0.05, 0) is 5.12 Å². The van der Waals surface area contributed by atoms with Crippen LogP contribution in [0.25, 0.3) is 0 Å². The topological polar surface area (TPSA) is 70.4 Å². The smallest absolute Gasteiger partial charge is 0.177 e. The van der Waals surface area contributed by atoms with Crippen molar-refractivity contribution in [1.82, 2.24) is 16.1 Å². The Hall–Kier alpha value is -0.880. The molecule has 0 atom stereocenters. The summed E-state index contributed by atoms with van der Waals surface area (Å²) in [5.41, 5.74) is 4.93. The van der Waals surface area contributed by atoms with E-state index in [1.54, 1.807) is 0 Å². The van der Waals surface area contributed by atoms with Crippen molar-refractivity contribution in [2.75, 3.05) is 13.1 Å². The Morgan fingerprint density at radius 3 is 2.75 bits per heavy atom. The predicted octanol–water partition coefficient (Wildman–Crippen LogP) is -1.50. The van der Waals surface area contributed by atoms with Crippen LogP contribution in [0.15, 0.2) is 0 Å². The van der Waals surface area contributed by atoms with Crippen molar-refractivity contribution in [2.24, 2.45) is 0 Å². The van der Waals surface area contributed by atoms with Crippen LogP contribution < -0.4 is 11.0 Å². The molecule has 46 valence electrons. The second-order valence-electron chi connectivity index (χ2n) is 1.40. The molecule has 1 saturated heterocycles. The maximum absolute atomic E-state index is 9.83. The van der Waals surface area contributed by atoms with Gasteiger partial charge in [0.2, 0.25) is 0 Å². The van der Waals surface area contributed by atoms with E-state index in [4.69, 9.17) is 0 Å². The van der Waals surface area contributed by atoms with Crippen LogP contribution in [0.5, 0.6) is 0 Å². The predicted molar refractivity (Wildman–Crippen MR) is 24.8 cm³/mol. The van der Waals surface area contributed by atoms with E-state index < -0.39 is 5.03 Å². The number of hydrogen-bond donors (Lipinski definition) is 2. The fraction of sp³-hybridized carbons (Fsp3) is 1.00. The van der Waals surface area contributed by atoms with Crippen molar-refractivity contribution in [1.29, 1.82) is 0 Å². The zero-order valence-corrected chi connectivity index (χ0v) is 4.13. The lowest BCUT2D eigenvalue weighted by Gasteiger charge is -2.01. The number of rotatable bonds is 1. The van der Waals surface area contributed by atoms with Crippen molar-refractivity contribution in [3.63, 3.8) is 0 Å². The molecule has 0 saturated carbocycles. The number of hydrogen-bond acceptors (Lipinski definition) is 4. The molecule has 0 aromatic heterocycles. The van der Waals surface area contributed by atoms with E-state index in [9.17, 15) is 10.1 Å².